The summed E-state index contributed by atoms with van der Waals surface area (Å²) in [7, 11) is -2.07. The first-order valence-electron chi connectivity index (χ1n) is 21.9. The minimum atomic E-state index is -4.00. The second-order valence-electron chi connectivity index (χ2n) is 18.7. The fourth-order valence-electron chi connectivity index (χ4n) is 7.96. The Morgan fingerprint density at radius 1 is 0.921 bits per heavy atom. The van der Waals surface area contributed by atoms with Crippen molar-refractivity contribution in [2.24, 2.45) is 11.8 Å². The lowest BCUT2D eigenvalue weighted by atomic mass is 9.84. The first-order valence-corrected chi connectivity index (χ1v) is 27.9. The highest BCUT2D eigenvalue weighted by Gasteiger charge is 2.42. The predicted molar refractivity (Wildman–Crippen MR) is 265 cm³/mol. The molecule has 5 aromatic rings. The van der Waals surface area contributed by atoms with Crippen molar-refractivity contribution >= 4 is 58.7 Å². The van der Waals surface area contributed by atoms with Crippen molar-refractivity contribution in [3.05, 3.63) is 143 Å². The standard InChI is InChI=1S/C51H64ClN3O5S2Si/c1-51(2,3)63(6,7)60-50(47-16-12-11-15-46(47)38-17-22-42(52)23-18-38)40-28-31-55(32-29-40)43-24-19-39(20-25-43)49(56)36-62(58,59)45-26-21-41(48(34-45)53-57)33-37(27-30-54(4)5)35-61-44-13-9-8-10-14-44/h8-26,34,37,40,50,53,57H,27-33,35-36H2,1-7H3/t37-,50+/m0/s1. The van der Waals surface area contributed by atoms with E-state index in [0.29, 0.717) is 28.6 Å². The topological polar surface area (TPSA) is 99.2 Å². The highest BCUT2D eigenvalue weighted by Crippen LogP contribution is 2.46. The zero-order valence-corrected chi connectivity index (χ0v) is 41.2. The van der Waals surface area contributed by atoms with Crippen LogP contribution < -0.4 is 10.4 Å². The van der Waals surface area contributed by atoms with Crippen LogP contribution in [0.3, 0.4) is 0 Å². The van der Waals surface area contributed by atoms with Gasteiger partial charge in [0.2, 0.25) is 0 Å². The molecular weight excluding hydrogens is 862 g/mol. The fraction of sp³-hybridized carbons (Fsp3) is 0.392. The molecule has 0 saturated carbocycles. The Hall–Kier alpha value is -3.94. The van der Waals surface area contributed by atoms with Crippen LogP contribution in [0.15, 0.2) is 131 Å². The molecule has 1 heterocycles. The summed E-state index contributed by atoms with van der Waals surface area (Å²) in [6.45, 7) is 14.1. The summed E-state index contributed by atoms with van der Waals surface area (Å²) in [5.41, 5.74) is 8.22. The lowest BCUT2D eigenvalue weighted by Crippen LogP contribution is -2.45. The molecule has 336 valence electrons. The van der Waals surface area contributed by atoms with E-state index in [2.05, 4.69) is 97.7 Å². The van der Waals surface area contributed by atoms with Gasteiger partial charge >= 0.3 is 0 Å². The Kier molecular flexibility index (Phi) is 16.5. The van der Waals surface area contributed by atoms with Gasteiger partial charge in [0.15, 0.2) is 23.9 Å². The number of halogens is 1. The van der Waals surface area contributed by atoms with E-state index in [1.807, 2.05) is 56.6 Å². The summed E-state index contributed by atoms with van der Waals surface area (Å²) >= 11 is 8.07. The number of piperidine rings is 1. The zero-order chi connectivity index (χ0) is 45.4. The Labute approximate surface area is 386 Å². The number of nitrogens with zero attached hydrogens (tertiary/aromatic N) is 2. The normalized spacial score (nSPS) is 15.0. The molecule has 1 aliphatic rings. The van der Waals surface area contributed by atoms with Crippen LogP contribution in [-0.4, -0.2) is 77.9 Å². The quantitative estimate of drug-likeness (QED) is 0.0363. The molecule has 63 heavy (non-hydrogen) atoms. The molecule has 2 N–H and O–H groups in total. The van der Waals surface area contributed by atoms with E-state index in [0.717, 1.165) is 61.5 Å². The van der Waals surface area contributed by atoms with Crippen LogP contribution in [0.1, 0.15) is 67.6 Å². The molecule has 0 aliphatic carbocycles. The fourth-order valence-corrected chi connectivity index (χ4v) is 11.7. The van der Waals surface area contributed by atoms with Gasteiger partial charge in [0, 0.05) is 40.0 Å². The number of rotatable bonds is 19. The lowest BCUT2D eigenvalue weighted by Gasteiger charge is -2.44. The molecule has 0 aromatic heterocycles. The van der Waals surface area contributed by atoms with Crippen LogP contribution in [0.5, 0.6) is 0 Å². The third kappa shape index (κ3) is 12.9. The van der Waals surface area contributed by atoms with Crippen LogP contribution in [0.2, 0.25) is 23.2 Å². The molecule has 0 radical (unpaired) electrons. The summed E-state index contributed by atoms with van der Waals surface area (Å²) in [5.74, 6) is 0.309. The van der Waals surface area contributed by atoms with Gasteiger partial charge in [-0.3, -0.25) is 15.5 Å². The molecule has 0 bridgehead atoms. The van der Waals surface area contributed by atoms with E-state index in [1.54, 1.807) is 36.0 Å². The Bertz CT molecular complexity index is 2380. The van der Waals surface area contributed by atoms with E-state index < -0.39 is 29.7 Å². The second-order valence-corrected chi connectivity index (χ2v) is 26.9. The van der Waals surface area contributed by atoms with Crippen molar-refractivity contribution in [2.75, 3.05) is 55.6 Å². The first-order chi connectivity index (χ1) is 29.9. The van der Waals surface area contributed by atoms with Gasteiger partial charge in [-0.05, 0) is 159 Å². The van der Waals surface area contributed by atoms with Crippen molar-refractivity contribution in [3.8, 4) is 11.1 Å². The third-order valence-corrected chi connectivity index (χ3v) is 20.3. The molecule has 6 rings (SSSR count). The maximum absolute atomic E-state index is 13.7. The summed E-state index contributed by atoms with van der Waals surface area (Å²) in [4.78, 5) is 19.2. The SMILES string of the molecule is CN(C)CC[C@H](CSc1ccccc1)Cc1ccc(S(=O)(=O)CC(=O)c2ccc(N3CCC([C@@H](O[Si](C)(C)C(C)(C)C)c4ccccc4-c4ccc(Cl)cc4)CC3)cc2)cc1NO. The van der Waals surface area contributed by atoms with Crippen molar-refractivity contribution in [3.63, 3.8) is 0 Å². The lowest BCUT2D eigenvalue weighted by molar-refractivity contribution is 0.101. The molecular formula is C51H64ClN3O5S2Si. The highest BCUT2D eigenvalue weighted by atomic mass is 35.5. The van der Waals surface area contributed by atoms with Crippen molar-refractivity contribution < 1.29 is 22.8 Å². The number of carbonyl (C=O) groups is 1. The maximum Gasteiger partial charge on any atom is 0.192 e. The molecule has 1 aliphatic heterocycles. The Morgan fingerprint density at radius 3 is 2.21 bits per heavy atom. The van der Waals surface area contributed by atoms with E-state index in [4.69, 9.17) is 16.0 Å². The van der Waals surface area contributed by atoms with Crippen molar-refractivity contribution in [1.29, 1.82) is 0 Å². The number of hydrogen-bond acceptors (Lipinski definition) is 9. The third-order valence-electron chi connectivity index (χ3n) is 12.8. The molecule has 2 atom stereocenters. The molecule has 12 heteroatoms. The number of thioether (sulfide) groups is 1. The Balaban J connectivity index is 1.11. The largest absolute Gasteiger partial charge is 0.410 e. The first kappa shape index (κ1) is 48.5. The van der Waals surface area contributed by atoms with Gasteiger partial charge in [0.05, 0.1) is 16.7 Å². The molecule has 5 aromatic carbocycles. The van der Waals surface area contributed by atoms with Crippen molar-refractivity contribution in [2.45, 2.75) is 80.5 Å². The maximum atomic E-state index is 13.7. The average Bonchev–Trinajstić information content (AvgIpc) is 3.26. The van der Waals surface area contributed by atoms with E-state index in [1.165, 1.54) is 22.1 Å². The minimum Gasteiger partial charge on any atom is -0.410 e. The monoisotopic (exact) mass is 925 g/mol. The summed E-state index contributed by atoms with van der Waals surface area (Å²) in [6, 6.07) is 38.9. The molecule has 1 saturated heterocycles. The summed E-state index contributed by atoms with van der Waals surface area (Å²) in [5, 5.41) is 10.9. The summed E-state index contributed by atoms with van der Waals surface area (Å²) in [6.07, 6.45) is 3.39. The van der Waals surface area contributed by atoms with Gasteiger partial charge in [0.1, 0.15) is 5.75 Å². The molecule has 0 amide bonds. The van der Waals surface area contributed by atoms with Crippen LogP contribution in [0.4, 0.5) is 11.4 Å². The second kappa shape index (κ2) is 21.4. The number of anilines is 2. The molecule has 0 spiro atoms. The van der Waals surface area contributed by atoms with Crippen molar-refractivity contribution in [1.82, 2.24) is 4.90 Å². The molecule has 0 unspecified atom stereocenters. The van der Waals surface area contributed by atoms with Crippen LogP contribution in [-0.2, 0) is 20.7 Å². The number of nitrogens with one attached hydrogen (secondary N) is 1. The Morgan fingerprint density at radius 2 is 1.57 bits per heavy atom. The number of hydrogen-bond donors (Lipinski definition) is 2. The number of carbonyl (C=O) groups excluding carboxylic acids is 1. The number of ketones is 1. The molecule has 8 nitrogen and oxygen atoms in total. The van der Waals surface area contributed by atoms with Crippen LogP contribution in [0.25, 0.3) is 11.1 Å². The van der Waals surface area contributed by atoms with Crippen LogP contribution in [0, 0.1) is 11.8 Å². The summed E-state index contributed by atoms with van der Waals surface area (Å²) < 4.78 is 34.6. The number of Topliss-reactive ketones (excluding diaryl/α,β-unsaturated/α-hetero) is 1. The zero-order valence-electron chi connectivity index (χ0n) is 37.8. The van der Waals surface area contributed by atoms with Gasteiger partial charge in [-0.15, -0.1) is 11.8 Å². The van der Waals surface area contributed by atoms with Gasteiger partial charge in [-0.2, -0.15) is 0 Å². The van der Waals surface area contributed by atoms with Gasteiger partial charge in [-0.1, -0.05) is 93.0 Å². The van der Waals surface area contributed by atoms with Gasteiger partial charge in [0.25, 0.3) is 0 Å². The minimum absolute atomic E-state index is 0.00855. The number of benzene rings is 5. The number of sulfone groups is 1. The van der Waals surface area contributed by atoms with Crippen LogP contribution >= 0.6 is 23.4 Å². The smallest absolute Gasteiger partial charge is 0.192 e. The highest BCUT2D eigenvalue weighted by molar-refractivity contribution is 7.99. The van der Waals surface area contributed by atoms with E-state index in [9.17, 15) is 18.4 Å². The average molecular weight is 927 g/mol. The predicted octanol–water partition coefficient (Wildman–Crippen LogP) is 12.3. The molecule has 1 fully saturated rings. The van der Waals surface area contributed by atoms with E-state index >= 15 is 0 Å². The van der Waals surface area contributed by atoms with Gasteiger partial charge < -0.3 is 14.2 Å². The van der Waals surface area contributed by atoms with Gasteiger partial charge in [-0.25, -0.2) is 8.42 Å². The van der Waals surface area contributed by atoms with E-state index in [-0.39, 0.29) is 22.0 Å².